The monoisotopic (exact) mass is 531 g/mol. The van der Waals surface area contributed by atoms with E-state index in [9.17, 15) is 14.7 Å². The lowest BCUT2D eigenvalue weighted by molar-refractivity contribution is 0.0114. The lowest BCUT2D eigenvalue weighted by atomic mass is 10.1. The van der Waals surface area contributed by atoms with Crippen LogP contribution >= 0.6 is 11.6 Å². The zero-order valence-corrected chi connectivity index (χ0v) is 21.9. The van der Waals surface area contributed by atoms with Gasteiger partial charge in [-0.1, -0.05) is 54.8 Å². The molecule has 4 rings (SSSR count). The quantitative estimate of drug-likeness (QED) is 0.437. The van der Waals surface area contributed by atoms with E-state index in [0.29, 0.717) is 13.0 Å². The van der Waals surface area contributed by atoms with Crippen molar-refractivity contribution in [1.29, 1.82) is 0 Å². The lowest BCUT2D eigenvalue weighted by Crippen LogP contribution is -2.45. The van der Waals surface area contributed by atoms with Gasteiger partial charge in [0.25, 0.3) is 5.56 Å². The van der Waals surface area contributed by atoms with E-state index in [1.807, 2.05) is 39.0 Å². The molecule has 0 aliphatic carbocycles. The predicted molar refractivity (Wildman–Crippen MR) is 139 cm³/mol. The molecule has 3 aromatic rings. The molecule has 1 aliphatic heterocycles. The summed E-state index contributed by atoms with van der Waals surface area (Å²) in [4.78, 5) is 31.4. The number of pyridine rings is 2. The highest BCUT2D eigenvalue weighted by Gasteiger charge is 2.31. The Morgan fingerprint density at radius 3 is 2.65 bits per heavy atom. The van der Waals surface area contributed by atoms with Crippen LogP contribution < -0.4 is 10.3 Å². The number of aromatic nitrogens is 2. The molecule has 1 N–H and O–H groups in total. The molecule has 1 fully saturated rings. The summed E-state index contributed by atoms with van der Waals surface area (Å²) in [5.41, 5.74) is -0.682. The number of likely N-dealkylation sites (tertiary alicyclic amines) is 1. The molecule has 1 aliphatic rings. The molecule has 3 heterocycles. The van der Waals surface area contributed by atoms with Gasteiger partial charge in [0.1, 0.15) is 23.3 Å². The highest BCUT2D eigenvalue weighted by molar-refractivity contribution is 6.30. The molecule has 1 atom stereocenters. The van der Waals surface area contributed by atoms with Crippen LogP contribution in [0.4, 0.5) is 9.18 Å². The summed E-state index contributed by atoms with van der Waals surface area (Å²) in [7, 11) is 0. The molecular weight excluding hydrogens is 501 g/mol. The van der Waals surface area contributed by atoms with Crippen LogP contribution in [0.25, 0.3) is 10.9 Å². The Hall–Kier alpha value is -3.33. The molecule has 8 nitrogen and oxygen atoms in total. The van der Waals surface area contributed by atoms with Crippen LogP contribution in [0.3, 0.4) is 0 Å². The van der Waals surface area contributed by atoms with Crippen LogP contribution in [0.5, 0.6) is 11.6 Å². The minimum absolute atomic E-state index is 0.0283. The van der Waals surface area contributed by atoms with Crippen LogP contribution in [0.15, 0.2) is 41.2 Å². The van der Waals surface area contributed by atoms with E-state index in [0.717, 1.165) is 30.9 Å². The fourth-order valence-electron chi connectivity index (χ4n) is 4.48. The lowest BCUT2D eigenvalue weighted by Gasteiger charge is -2.32. The molecule has 198 valence electrons. The number of benzene rings is 1. The standard InChI is InChI=1S/C27H31ClFN3O5/c1-27(2,3)37-26(35)31-13-9-5-8-12-18(31)16-36-25-21-19(33)14-20(34)32(15-17-10-6-4-7-11-17)23(21)22(29)24(28)30-25/h4,6-7,10-11,14,18,33H,5,8-9,12-13,15-16H2,1-3H3. The third kappa shape index (κ3) is 6.15. The molecule has 1 unspecified atom stereocenters. The van der Waals surface area contributed by atoms with Crippen molar-refractivity contribution in [1.82, 2.24) is 14.5 Å². The summed E-state index contributed by atoms with van der Waals surface area (Å²) >= 11 is 6.12. The number of carbonyl (C=O) groups excluding carboxylic acids is 1. The molecule has 37 heavy (non-hydrogen) atoms. The first kappa shape index (κ1) is 26.7. The van der Waals surface area contributed by atoms with E-state index >= 15 is 4.39 Å². The molecule has 0 saturated carbocycles. The van der Waals surface area contributed by atoms with E-state index in [4.69, 9.17) is 21.1 Å². The Bertz CT molecular complexity index is 1340. The second-order valence-electron chi connectivity index (χ2n) is 10.2. The number of carbonyl (C=O) groups is 1. The van der Waals surface area contributed by atoms with E-state index in [1.165, 1.54) is 4.57 Å². The Labute approximate surface area is 219 Å². The summed E-state index contributed by atoms with van der Waals surface area (Å²) in [5.74, 6) is -1.51. The summed E-state index contributed by atoms with van der Waals surface area (Å²) in [5, 5.41) is 10.1. The number of hydrogen-bond acceptors (Lipinski definition) is 6. The molecule has 0 spiro atoms. The van der Waals surface area contributed by atoms with Gasteiger partial charge in [0.15, 0.2) is 11.0 Å². The van der Waals surface area contributed by atoms with Crippen molar-refractivity contribution >= 4 is 28.6 Å². The first-order valence-corrected chi connectivity index (χ1v) is 12.7. The van der Waals surface area contributed by atoms with Crippen LogP contribution in [0.2, 0.25) is 5.15 Å². The second-order valence-corrected chi connectivity index (χ2v) is 10.5. The maximum Gasteiger partial charge on any atom is 0.410 e. The minimum Gasteiger partial charge on any atom is -0.507 e. The number of nitrogens with zero attached hydrogens (tertiary/aromatic N) is 3. The summed E-state index contributed by atoms with van der Waals surface area (Å²) < 4.78 is 28.1. The fourth-order valence-corrected chi connectivity index (χ4v) is 4.64. The normalized spacial score (nSPS) is 16.5. The van der Waals surface area contributed by atoms with Gasteiger partial charge in [-0.2, -0.15) is 4.98 Å². The van der Waals surface area contributed by atoms with Gasteiger partial charge >= 0.3 is 6.09 Å². The van der Waals surface area contributed by atoms with E-state index in [1.54, 1.807) is 17.0 Å². The Balaban J connectivity index is 1.70. The van der Waals surface area contributed by atoms with Crippen molar-refractivity contribution in [2.24, 2.45) is 0 Å². The van der Waals surface area contributed by atoms with Crippen molar-refractivity contribution in [3.63, 3.8) is 0 Å². The maximum atomic E-state index is 15.3. The van der Waals surface area contributed by atoms with Crippen LogP contribution in [-0.2, 0) is 11.3 Å². The number of fused-ring (bicyclic) bond motifs is 1. The molecule has 2 aromatic heterocycles. The molecular formula is C27H31ClFN3O5. The van der Waals surface area contributed by atoms with Gasteiger partial charge < -0.3 is 24.0 Å². The predicted octanol–water partition coefficient (Wildman–Crippen LogP) is 5.50. The van der Waals surface area contributed by atoms with Gasteiger partial charge in [-0.15, -0.1) is 0 Å². The van der Waals surface area contributed by atoms with Gasteiger partial charge in [-0.25, -0.2) is 9.18 Å². The number of hydrogen-bond donors (Lipinski definition) is 1. The number of aromatic hydroxyl groups is 1. The number of rotatable bonds is 5. The summed E-state index contributed by atoms with van der Waals surface area (Å²) in [6, 6.07) is 9.75. The first-order valence-electron chi connectivity index (χ1n) is 12.3. The second kappa shape index (κ2) is 11.0. The highest BCUT2D eigenvalue weighted by atomic mass is 35.5. The Morgan fingerprint density at radius 2 is 1.95 bits per heavy atom. The molecule has 10 heteroatoms. The van der Waals surface area contributed by atoms with E-state index in [-0.39, 0.29) is 36.0 Å². The Morgan fingerprint density at radius 1 is 1.22 bits per heavy atom. The summed E-state index contributed by atoms with van der Waals surface area (Å²) in [6.07, 6.45) is 2.94. The van der Waals surface area contributed by atoms with Crippen molar-refractivity contribution in [2.45, 2.75) is 64.6 Å². The van der Waals surface area contributed by atoms with Crippen molar-refractivity contribution < 1.29 is 23.8 Å². The third-order valence-corrected chi connectivity index (χ3v) is 6.44. The van der Waals surface area contributed by atoms with Crippen molar-refractivity contribution in [3.05, 3.63) is 63.3 Å². The minimum atomic E-state index is -0.933. The van der Waals surface area contributed by atoms with Crippen LogP contribution in [0.1, 0.15) is 52.0 Å². The average Bonchev–Trinajstić information content (AvgIpc) is 3.07. The molecule has 1 saturated heterocycles. The van der Waals surface area contributed by atoms with Crippen LogP contribution in [0, 0.1) is 5.82 Å². The van der Waals surface area contributed by atoms with Crippen LogP contribution in [-0.4, -0.2) is 50.4 Å². The smallest absolute Gasteiger partial charge is 0.410 e. The SMILES string of the molecule is CC(C)(C)OC(=O)N1CCCCCC1COc1nc(Cl)c(F)c2c1c(O)cc(=O)n2Cc1ccccc1. The summed E-state index contributed by atoms with van der Waals surface area (Å²) in [6.45, 7) is 6.03. The van der Waals surface area contributed by atoms with E-state index < -0.39 is 34.0 Å². The molecule has 0 bridgehead atoms. The average molecular weight is 532 g/mol. The molecule has 1 amide bonds. The number of amides is 1. The number of ether oxygens (including phenoxy) is 2. The molecule has 0 radical (unpaired) electrons. The van der Waals surface area contributed by atoms with Gasteiger partial charge in [-0.3, -0.25) is 4.79 Å². The maximum absolute atomic E-state index is 15.3. The zero-order chi connectivity index (χ0) is 26.7. The van der Waals surface area contributed by atoms with E-state index in [2.05, 4.69) is 4.98 Å². The molecule has 1 aromatic carbocycles. The fraction of sp³-hybridized carbons (Fsp3) is 0.444. The third-order valence-electron chi connectivity index (χ3n) is 6.19. The number of halogens is 2. The van der Waals surface area contributed by atoms with Gasteiger partial charge in [0.2, 0.25) is 5.88 Å². The largest absolute Gasteiger partial charge is 0.507 e. The van der Waals surface area contributed by atoms with Crippen molar-refractivity contribution in [3.8, 4) is 11.6 Å². The zero-order valence-electron chi connectivity index (χ0n) is 21.2. The van der Waals surface area contributed by atoms with Gasteiger partial charge in [0.05, 0.1) is 18.1 Å². The van der Waals surface area contributed by atoms with Gasteiger partial charge in [0, 0.05) is 12.6 Å². The van der Waals surface area contributed by atoms with Gasteiger partial charge in [-0.05, 0) is 39.2 Å². The highest BCUT2D eigenvalue weighted by Crippen LogP contribution is 2.36. The Kier molecular flexibility index (Phi) is 7.92. The first-order chi connectivity index (χ1) is 17.5. The topological polar surface area (TPSA) is 93.9 Å². The van der Waals surface area contributed by atoms with Crippen molar-refractivity contribution in [2.75, 3.05) is 13.2 Å².